The SMILES string of the molecule is CC(C)Oc1ccccc1-c1ncc[nH]c1=O. The Morgan fingerprint density at radius 1 is 1.29 bits per heavy atom. The molecule has 0 aliphatic carbocycles. The maximum Gasteiger partial charge on any atom is 0.274 e. The number of aromatic amines is 1. The summed E-state index contributed by atoms with van der Waals surface area (Å²) < 4.78 is 5.66. The Kier molecular flexibility index (Phi) is 3.23. The smallest absolute Gasteiger partial charge is 0.274 e. The number of benzene rings is 1. The van der Waals surface area contributed by atoms with Gasteiger partial charge in [-0.2, -0.15) is 0 Å². The topological polar surface area (TPSA) is 55.0 Å². The summed E-state index contributed by atoms with van der Waals surface area (Å²) in [6, 6.07) is 7.40. The van der Waals surface area contributed by atoms with Gasteiger partial charge in [0.05, 0.1) is 6.10 Å². The summed E-state index contributed by atoms with van der Waals surface area (Å²) in [5.74, 6) is 0.673. The highest BCUT2D eigenvalue weighted by Gasteiger charge is 2.11. The third kappa shape index (κ3) is 2.53. The van der Waals surface area contributed by atoms with Gasteiger partial charge in [-0.1, -0.05) is 12.1 Å². The molecule has 2 aromatic rings. The van der Waals surface area contributed by atoms with E-state index in [0.717, 1.165) is 0 Å². The lowest BCUT2D eigenvalue weighted by molar-refractivity contribution is 0.243. The van der Waals surface area contributed by atoms with Crippen molar-refractivity contribution in [3.8, 4) is 17.0 Å². The van der Waals surface area contributed by atoms with Crippen molar-refractivity contribution in [2.75, 3.05) is 0 Å². The number of aromatic nitrogens is 2. The first-order chi connectivity index (χ1) is 8.18. The van der Waals surface area contributed by atoms with Gasteiger partial charge in [0.1, 0.15) is 11.4 Å². The standard InChI is InChI=1S/C13H14N2O2/c1-9(2)17-11-6-4-3-5-10(11)12-13(16)15-8-7-14-12/h3-9H,1-2H3,(H,15,16). The van der Waals surface area contributed by atoms with Crippen LogP contribution in [0.2, 0.25) is 0 Å². The summed E-state index contributed by atoms with van der Waals surface area (Å²) >= 11 is 0. The van der Waals surface area contributed by atoms with Crippen molar-refractivity contribution in [1.82, 2.24) is 9.97 Å². The fraction of sp³-hybridized carbons (Fsp3) is 0.231. The van der Waals surface area contributed by atoms with Gasteiger partial charge < -0.3 is 9.72 Å². The zero-order chi connectivity index (χ0) is 12.3. The number of hydrogen-bond donors (Lipinski definition) is 1. The predicted octanol–water partition coefficient (Wildman–Crippen LogP) is 2.22. The lowest BCUT2D eigenvalue weighted by Gasteiger charge is -2.13. The number of rotatable bonds is 3. The van der Waals surface area contributed by atoms with Crippen LogP contribution in [0.3, 0.4) is 0 Å². The van der Waals surface area contributed by atoms with Gasteiger partial charge in [-0.05, 0) is 26.0 Å². The van der Waals surface area contributed by atoms with E-state index in [-0.39, 0.29) is 11.7 Å². The molecule has 0 amide bonds. The summed E-state index contributed by atoms with van der Waals surface area (Å²) in [5, 5.41) is 0. The maximum absolute atomic E-state index is 11.7. The second-order valence-electron chi connectivity index (χ2n) is 3.93. The lowest BCUT2D eigenvalue weighted by atomic mass is 10.1. The molecule has 0 radical (unpaired) electrons. The molecule has 0 aliphatic rings. The molecule has 0 aliphatic heterocycles. The number of hydrogen-bond acceptors (Lipinski definition) is 3. The molecule has 0 atom stereocenters. The molecular weight excluding hydrogens is 216 g/mol. The molecule has 2 rings (SSSR count). The van der Waals surface area contributed by atoms with E-state index >= 15 is 0 Å². The molecule has 0 bridgehead atoms. The van der Waals surface area contributed by atoms with Gasteiger partial charge in [-0.25, -0.2) is 4.98 Å². The molecule has 0 spiro atoms. The van der Waals surface area contributed by atoms with Crippen LogP contribution in [0.4, 0.5) is 0 Å². The minimum Gasteiger partial charge on any atom is -0.490 e. The molecule has 0 fully saturated rings. The summed E-state index contributed by atoms with van der Waals surface area (Å²) in [5.41, 5.74) is 0.874. The van der Waals surface area contributed by atoms with Gasteiger partial charge in [0.25, 0.3) is 5.56 Å². The van der Waals surface area contributed by atoms with E-state index in [4.69, 9.17) is 4.74 Å². The number of nitrogens with one attached hydrogen (secondary N) is 1. The predicted molar refractivity (Wildman–Crippen MR) is 66.1 cm³/mol. The fourth-order valence-electron chi connectivity index (χ4n) is 1.56. The Hall–Kier alpha value is -2.10. The summed E-state index contributed by atoms with van der Waals surface area (Å²) in [6.07, 6.45) is 3.12. The van der Waals surface area contributed by atoms with E-state index in [1.807, 2.05) is 38.1 Å². The Balaban J connectivity index is 2.52. The van der Waals surface area contributed by atoms with Crippen molar-refractivity contribution in [3.63, 3.8) is 0 Å². The number of H-pyrrole nitrogens is 1. The van der Waals surface area contributed by atoms with E-state index in [2.05, 4.69) is 9.97 Å². The molecular formula is C13H14N2O2. The van der Waals surface area contributed by atoms with Gasteiger partial charge >= 0.3 is 0 Å². The van der Waals surface area contributed by atoms with Crippen molar-refractivity contribution < 1.29 is 4.74 Å². The number of ether oxygens (including phenoxy) is 1. The summed E-state index contributed by atoms with van der Waals surface area (Å²) in [4.78, 5) is 18.4. The van der Waals surface area contributed by atoms with Crippen LogP contribution in [0, 0.1) is 0 Å². The monoisotopic (exact) mass is 230 g/mol. The van der Waals surface area contributed by atoms with E-state index in [0.29, 0.717) is 17.0 Å². The molecule has 1 heterocycles. The van der Waals surface area contributed by atoms with Crippen molar-refractivity contribution >= 4 is 0 Å². The van der Waals surface area contributed by atoms with Crippen LogP contribution in [0.15, 0.2) is 41.5 Å². The number of nitrogens with zero attached hydrogens (tertiary/aromatic N) is 1. The summed E-state index contributed by atoms with van der Waals surface area (Å²) in [6.45, 7) is 3.89. The molecule has 1 aromatic heterocycles. The van der Waals surface area contributed by atoms with E-state index < -0.39 is 0 Å². The number of para-hydroxylation sites is 1. The third-order valence-electron chi connectivity index (χ3n) is 2.21. The van der Waals surface area contributed by atoms with Gasteiger partial charge in [-0.3, -0.25) is 4.79 Å². The first-order valence-corrected chi connectivity index (χ1v) is 5.48. The van der Waals surface area contributed by atoms with Crippen LogP contribution >= 0.6 is 0 Å². The molecule has 4 nitrogen and oxygen atoms in total. The molecule has 0 saturated carbocycles. The van der Waals surface area contributed by atoms with E-state index in [1.54, 1.807) is 6.20 Å². The Morgan fingerprint density at radius 2 is 2.06 bits per heavy atom. The lowest BCUT2D eigenvalue weighted by Crippen LogP contribution is -2.12. The molecule has 17 heavy (non-hydrogen) atoms. The molecule has 88 valence electrons. The maximum atomic E-state index is 11.7. The average Bonchev–Trinajstić information content (AvgIpc) is 2.30. The minimum atomic E-state index is -0.215. The largest absolute Gasteiger partial charge is 0.490 e. The van der Waals surface area contributed by atoms with Gasteiger partial charge in [0.15, 0.2) is 0 Å². The Labute approximate surface area is 99.3 Å². The highest BCUT2D eigenvalue weighted by molar-refractivity contribution is 5.66. The molecule has 4 heteroatoms. The Bertz CT molecular complexity index is 561. The normalized spacial score (nSPS) is 10.5. The zero-order valence-electron chi connectivity index (χ0n) is 9.81. The quantitative estimate of drug-likeness (QED) is 0.879. The van der Waals surface area contributed by atoms with E-state index in [9.17, 15) is 4.79 Å². The average molecular weight is 230 g/mol. The Morgan fingerprint density at radius 3 is 2.76 bits per heavy atom. The second kappa shape index (κ2) is 4.82. The first-order valence-electron chi connectivity index (χ1n) is 5.48. The molecule has 0 saturated heterocycles. The van der Waals surface area contributed by atoms with Crippen LogP contribution in [0.5, 0.6) is 5.75 Å². The van der Waals surface area contributed by atoms with Gasteiger partial charge in [0.2, 0.25) is 0 Å². The van der Waals surface area contributed by atoms with Crippen LogP contribution < -0.4 is 10.3 Å². The highest BCUT2D eigenvalue weighted by atomic mass is 16.5. The van der Waals surface area contributed by atoms with Crippen molar-refractivity contribution in [3.05, 3.63) is 47.0 Å². The molecule has 1 aromatic carbocycles. The van der Waals surface area contributed by atoms with Gasteiger partial charge in [0, 0.05) is 18.0 Å². The van der Waals surface area contributed by atoms with Crippen molar-refractivity contribution in [1.29, 1.82) is 0 Å². The highest BCUT2D eigenvalue weighted by Crippen LogP contribution is 2.26. The summed E-state index contributed by atoms with van der Waals surface area (Å²) in [7, 11) is 0. The molecule has 0 unspecified atom stereocenters. The minimum absolute atomic E-state index is 0.0546. The fourth-order valence-corrected chi connectivity index (χ4v) is 1.56. The zero-order valence-corrected chi connectivity index (χ0v) is 9.81. The van der Waals surface area contributed by atoms with Crippen molar-refractivity contribution in [2.24, 2.45) is 0 Å². The van der Waals surface area contributed by atoms with Crippen LogP contribution in [0.25, 0.3) is 11.3 Å². The van der Waals surface area contributed by atoms with Crippen molar-refractivity contribution in [2.45, 2.75) is 20.0 Å². The van der Waals surface area contributed by atoms with Crippen LogP contribution in [0.1, 0.15) is 13.8 Å². The molecule has 1 N–H and O–H groups in total. The third-order valence-corrected chi connectivity index (χ3v) is 2.21. The van der Waals surface area contributed by atoms with Crippen LogP contribution in [-0.4, -0.2) is 16.1 Å². The van der Waals surface area contributed by atoms with Crippen LogP contribution in [-0.2, 0) is 0 Å². The van der Waals surface area contributed by atoms with Gasteiger partial charge in [-0.15, -0.1) is 0 Å². The first kappa shape index (κ1) is 11.4. The van der Waals surface area contributed by atoms with E-state index in [1.165, 1.54) is 6.20 Å². The second-order valence-corrected chi connectivity index (χ2v) is 3.93.